The van der Waals surface area contributed by atoms with Gasteiger partial charge < -0.3 is 4.98 Å². The molecule has 0 fully saturated rings. The number of hydrogen-bond donors (Lipinski definition) is 2. The Kier molecular flexibility index (Phi) is 5.60. The first-order valence-electron chi connectivity index (χ1n) is 8.66. The molecule has 3 aromatic rings. The van der Waals surface area contributed by atoms with E-state index in [0.29, 0.717) is 27.9 Å². The number of nitrogens with one attached hydrogen (secondary N) is 1. The largest absolute Gasteiger partial charge is 0.360 e. The van der Waals surface area contributed by atoms with E-state index in [1.165, 1.54) is 23.5 Å². The van der Waals surface area contributed by atoms with Crippen LogP contribution in [0.5, 0.6) is 0 Å². The van der Waals surface area contributed by atoms with E-state index in [1.807, 2.05) is 26.2 Å². The molecule has 0 amide bonds. The van der Waals surface area contributed by atoms with Crippen LogP contribution in [0.25, 0.3) is 10.9 Å². The topological polar surface area (TPSA) is 88.8 Å². The summed E-state index contributed by atoms with van der Waals surface area (Å²) in [4.78, 5) is 20.4. The summed E-state index contributed by atoms with van der Waals surface area (Å²) in [5.41, 5.74) is 1.87. The zero-order valence-electron chi connectivity index (χ0n) is 15.4. The van der Waals surface area contributed by atoms with Crippen molar-refractivity contribution in [2.45, 2.75) is 44.3 Å². The van der Waals surface area contributed by atoms with E-state index in [9.17, 15) is 13.4 Å². The fourth-order valence-corrected chi connectivity index (χ4v) is 4.33. The highest BCUT2D eigenvalue weighted by molar-refractivity contribution is 7.84. The maximum absolute atomic E-state index is 13.3. The van der Waals surface area contributed by atoms with Crippen LogP contribution in [0.15, 0.2) is 29.8 Å². The first-order chi connectivity index (χ1) is 12.7. The molecule has 5 nitrogen and oxygen atoms in total. The Balaban J connectivity index is 1.87. The second kappa shape index (κ2) is 7.61. The number of carbonyl (C=O) groups is 1. The molecule has 144 valence electrons. The number of aromatic nitrogens is 2. The van der Waals surface area contributed by atoms with Gasteiger partial charge in [0, 0.05) is 28.4 Å². The third-order valence-electron chi connectivity index (χ3n) is 4.80. The first kappa shape index (κ1) is 19.9. The number of carbonyl (C=O) groups excluding carboxylic acids is 1. The fourth-order valence-electron chi connectivity index (χ4n) is 3.11. The van der Waals surface area contributed by atoms with Gasteiger partial charge in [-0.1, -0.05) is 6.92 Å². The van der Waals surface area contributed by atoms with Gasteiger partial charge in [0.1, 0.15) is 5.82 Å². The van der Waals surface area contributed by atoms with Gasteiger partial charge in [0.05, 0.1) is 27.0 Å². The lowest BCUT2D eigenvalue weighted by atomic mass is 9.92. The quantitative estimate of drug-likeness (QED) is 0.573. The van der Waals surface area contributed by atoms with Crippen LogP contribution in [0.2, 0.25) is 0 Å². The second-order valence-corrected chi connectivity index (χ2v) is 9.72. The number of thiazole rings is 1. The monoisotopic (exact) mass is 407 g/mol. The first-order valence-corrected chi connectivity index (χ1v) is 10.7. The number of halogens is 1. The summed E-state index contributed by atoms with van der Waals surface area (Å²) in [6.07, 6.45) is 3.02. The standard InChI is InChI=1S/C19H22FN3O2S2/c1-4-11(8-19(2,3)27(21)25)16-10-26-18(23-16)17(24)14-9-22-15-7-12(20)5-6-13(14)15/h5-7,9-11,22H,4,8,21H2,1-3H3/t11-,27?/m0/s1. The summed E-state index contributed by atoms with van der Waals surface area (Å²) >= 11 is 1.29. The van der Waals surface area contributed by atoms with E-state index >= 15 is 0 Å². The van der Waals surface area contributed by atoms with Gasteiger partial charge in [0.15, 0.2) is 5.01 Å². The molecule has 0 radical (unpaired) electrons. The predicted octanol–water partition coefficient (Wildman–Crippen LogP) is 4.28. The Labute approximate surface area is 163 Å². The number of nitrogens with zero attached hydrogens (tertiary/aromatic N) is 1. The van der Waals surface area contributed by atoms with E-state index in [0.717, 1.165) is 12.1 Å². The average Bonchev–Trinajstić information content (AvgIpc) is 3.25. The zero-order valence-corrected chi connectivity index (χ0v) is 17.0. The molecule has 0 bridgehead atoms. The normalized spacial score (nSPS) is 14.4. The van der Waals surface area contributed by atoms with Crippen molar-refractivity contribution in [3.63, 3.8) is 0 Å². The van der Waals surface area contributed by atoms with E-state index in [-0.39, 0.29) is 17.5 Å². The summed E-state index contributed by atoms with van der Waals surface area (Å²) in [6, 6.07) is 4.29. The molecule has 0 aliphatic rings. The van der Waals surface area contributed by atoms with Crippen molar-refractivity contribution in [1.29, 1.82) is 0 Å². The number of benzene rings is 1. The van der Waals surface area contributed by atoms with Gasteiger partial charge in [-0.2, -0.15) is 0 Å². The molecule has 0 spiro atoms. The molecular formula is C19H22FN3O2S2. The number of aromatic amines is 1. The van der Waals surface area contributed by atoms with Crippen molar-refractivity contribution in [2.75, 3.05) is 0 Å². The minimum Gasteiger partial charge on any atom is -0.360 e. The molecule has 2 atom stereocenters. The Bertz CT molecular complexity index is 1010. The van der Waals surface area contributed by atoms with Crippen molar-refractivity contribution in [3.8, 4) is 0 Å². The van der Waals surface area contributed by atoms with E-state index in [4.69, 9.17) is 5.14 Å². The van der Waals surface area contributed by atoms with Gasteiger partial charge >= 0.3 is 0 Å². The maximum Gasteiger partial charge on any atom is 0.223 e. The van der Waals surface area contributed by atoms with Gasteiger partial charge in [0.2, 0.25) is 5.78 Å². The van der Waals surface area contributed by atoms with Crippen molar-refractivity contribution in [1.82, 2.24) is 9.97 Å². The number of H-pyrrole nitrogens is 1. The lowest BCUT2D eigenvalue weighted by molar-refractivity contribution is 0.103. The lowest BCUT2D eigenvalue weighted by Crippen LogP contribution is -2.33. The van der Waals surface area contributed by atoms with Crippen LogP contribution in [0.3, 0.4) is 0 Å². The molecule has 2 aromatic heterocycles. The van der Waals surface area contributed by atoms with Crippen molar-refractivity contribution >= 4 is 39.0 Å². The molecule has 3 N–H and O–H groups in total. The molecular weight excluding hydrogens is 385 g/mol. The van der Waals surface area contributed by atoms with Crippen molar-refractivity contribution in [2.24, 2.45) is 5.14 Å². The number of fused-ring (bicyclic) bond motifs is 1. The van der Waals surface area contributed by atoms with E-state index in [1.54, 1.807) is 12.3 Å². The summed E-state index contributed by atoms with van der Waals surface area (Å²) in [5.74, 6) is -0.478. The third-order valence-corrected chi connectivity index (χ3v) is 6.91. The molecule has 2 heterocycles. The lowest BCUT2D eigenvalue weighted by Gasteiger charge is -2.25. The smallest absolute Gasteiger partial charge is 0.223 e. The van der Waals surface area contributed by atoms with E-state index in [2.05, 4.69) is 9.97 Å². The van der Waals surface area contributed by atoms with Crippen LogP contribution >= 0.6 is 11.3 Å². The fraction of sp³-hybridized carbons (Fsp3) is 0.368. The summed E-state index contributed by atoms with van der Waals surface area (Å²) in [5, 5.41) is 8.54. The highest BCUT2D eigenvalue weighted by Crippen LogP contribution is 2.33. The molecule has 8 heteroatoms. The van der Waals surface area contributed by atoms with Crippen LogP contribution in [0.1, 0.15) is 60.6 Å². The SMILES string of the molecule is CC[C@@H](CC(C)(C)S(N)=O)c1csc(C(=O)c2c[nH]c3cc(F)ccc23)n1. The number of ketones is 1. The summed E-state index contributed by atoms with van der Waals surface area (Å²) in [6.45, 7) is 5.78. The number of nitrogens with two attached hydrogens (primary N) is 1. The molecule has 0 saturated heterocycles. The highest BCUT2D eigenvalue weighted by atomic mass is 32.2. The van der Waals surface area contributed by atoms with Crippen LogP contribution in [0, 0.1) is 5.82 Å². The molecule has 27 heavy (non-hydrogen) atoms. The molecule has 0 aliphatic carbocycles. The Morgan fingerprint density at radius 3 is 2.85 bits per heavy atom. The number of rotatable bonds is 7. The summed E-state index contributed by atoms with van der Waals surface area (Å²) in [7, 11) is -1.44. The van der Waals surface area contributed by atoms with Gasteiger partial charge in [0.25, 0.3) is 0 Å². The molecule has 3 rings (SSSR count). The molecule has 0 aliphatic heterocycles. The van der Waals surface area contributed by atoms with Gasteiger partial charge in [-0.05, 0) is 44.9 Å². The second-order valence-electron chi connectivity index (χ2n) is 7.17. The average molecular weight is 408 g/mol. The molecule has 1 aromatic carbocycles. The maximum atomic E-state index is 13.3. The minimum atomic E-state index is -1.44. The van der Waals surface area contributed by atoms with Crippen LogP contribution < -0.4 is 5.14 Å². The Morgan fingerprint density at radius 2 is 2.19 bits per heavy atom. The van der Waals surface area contributed by atoms with Crippen molar-refractivity contribution in [3.05, 3.63) is 51.9 Å². The highest BCUT2D eigenvalue weighted by Gasteiger charge is 2.29. The third kappa shape index (κ3) is 4.02. The summed E-state index contributed by atoms with van der Waals surface area (Å²) < 4.78 is 24.6. The van der Waals surface area contributed by atoms with Gasteiger partial charge in [-0.25, -0.2) is 13.6 Å². The predicted molar refractivity (Wildman–Crippen MR) is 108 cm³/mol. The zero-order chi connectivity index (χ0) is 19.8. The Hall–Kier alpha value is -1.90. The van der Waals surface area contributed by atoms with Gasteiger partial charge in [-0.3, -0.25) is 9.93 Å². The Morgan fingerprint density at radius 1 is 1.44 bits per heavy atom. The van der Waals surface area contributed by atoms with Crippen LogP contribution in [-0.4, -0.2) is 24.7 Å². The van der Waals surface area contributed by atoms with Crippen LogP contribution in [-0.2, 0) is 11.0 Å². The van der Waals surface area contributed by atoms with Gasteiger partial charge in [-0.15, -0.1) is 11.3 Å². The number of hydrogen-bond acceptors (Lipinski definition) is 4. The van der Waals surface area contributed by atoms with Crippen LogP contribution in [0.4, 0.5) is 4.39 Å². The van der Waals surface area contributed by atoms with Crippen molar-refractivity contribution < 1.29 is 13.4 Å². The molecule has 1 unspecified atom stereocenters. The molecule has 0 saturated carbocycles. The van der Waals surface area contributed by atoms with E-state index < -0.39 is 15.7 Å². The minimum absolute atomic E-state index is 0.0716.